The highest BCUT2D eigenvalue weighted by atomic mass is 19.4. The Labute approximate surface area is 218 Å². The molecule has 2 heterocycles. The molecule has 0 aliphatic carbocycles. The number of nitrogens with zero attached hydrogens (tertiary/aromatic N) is 4. The number of ether oxygens (including phenoxy) is 1. The maximum Gasteiger partial charge on any atom is 0.419 e. The lowest BCUT2D eigenvalue weighted by Crippen LogP contribution is -2.36. The summed E-state index contributed by atoms with van der Waals surface area (Å²) in [6.07, 6.45) is -4.53. The SMILES string of the molecule is N/C(=N\O)N1CCC[C@H]1c1nc(-c2ccc(OCC/C=C/c3ccc(C(F)(F)F)cc3)c(C(F)(F)F)c2)no1. The summed E-state index contributed by atoms with van der Waals surface area (Å²) in [5.41, 5.74) is 4.43. The van der Waals surface area contributed by atoms with Gasteiger partial charge in [0.2, 0.25) is 17.7 Å². The molecule has 8 nitrogen and oxygen atoms in total. The highest BCUT2D eigenvalue weighted by Gasteiger charge is 2.36. The number of rotatable bonds is 7. The second-order valence-electron chi connectivity index (χ2n) is 8.63. The van der Waals surface area contributed by atoms with Gasteiger partial charge >= 0.3 is 12.4 Å². The highest BCUT2D eigenvalue weighted by Crippen LogP contribution is 2.39. The van der Waals surface area contributed by atoms with Gasteiger partial charge in [-0.15, -0.1) is 0 Å². The summed E-state index contributed by atoms with van der Waals surface area (Å²) in [6.45, 7) is 0.388. The smallest absolute Gasteiger partial charge is 0.419 e. The number of benzene rings is 2. The van der Waals surface area contributed by atoms with Gasteiger partial charge in [-0.3, -0.25) is 0 Å². The van der Waals surface area contributed by atoms with Crippen molar-refractivity contribution in [3.8, 4) is 17.1 Å². The van der Waals surface area contributed by atoms with Crippen LogP contribution in [0.1, 0.15) is 47.9 Å². The first-order chi connectivity index (χ1) is 18.5. The van der Waals surface area contributed by atoms with Gasteiger partial charge in [-0.1, -0.05) is 34.6 Å². The summed E-state index contributed by atoms with van der Waals surface area (Å²) < 4.78 is 89.9. The Morgan fingerprint density at radius 2 is 1.87 bits per heavy atom. The summed E-state index contributed by atoms with van der Waals surface area (Å²) in [6, 6.07) is 7.40. The fraction of sp³-hybridized carbons (Fsp3) is 0.320. The van der Waals surface area contributed by atoms with Crippen LogP contribution in [0.4, 0.5) is 26.3 Å². The third-order valence-corrected chi connectivity index (χ3v) is 6.01. The topological polar surface area (TPSA) is 110 Å². The van der Waals surface area contributed by atoms with Crippen LogP contribution in [0.2, 0.25) is 0 Å². The van der Waals surface area contributed by atoms with E-state index in [1.165, 1.54) is 18.2 Å². The van der Waals surface area contributed by atoms with Crippen LogP contribution in [0.5, 0.6) is 5.75 Å². The van der Waals surface area contributed by atoms with Crippen LogP contribution >= 0.6 is 0 Å². The van der Waals surface area contributed by atoms with E-state index in [-0.39, 0.29) is 36.3 Å². The van der Waals surface area contributed by atoms with Crippen molar-refractivity contribution in [1.82, 2.24) is 15.0 Å². The summed E-state index contributed by atoms with van der Waals surface area (Å²) in [5, 5.41) is 15.7. The Hall–Kier alpha value is -4.23. The maximum absolute atomic E-state index is 13.8. The summed E-state index contributed by atoms with van der Waals surface area (Å²) in [4.78, 5) is 5.78. The molecule has 3 N–H and O–H groups in total. The molecule has 1 aliphatic rings. The van der Waals surface area contributed by atoms with E-state index in [2.05, 4.69) is 15.3 Å². The van der Waals surface area contributed by atoms with E-state index in [1.807, 2.05) is 0 Å². The Balaban J connectivity index is 1.43. The van der Waals surface area contributed by atoms with Crippen molar-refractivity contribution in [2.45, 2.75) is 37.7 Å². The average molecular weight is 555 g/mol. The second kappa shape index (κ2) is 11.3. The van der Waals surface area contributed by atoms with Crippen LogP contribution in [0.25, 0.3) is 17.5 Å². The van der Waals surface area contributed by atoms with Gasteiger partial charge in [0.1, 0.15) is 11.8 Å². The van der Waals surface area contributed by atoms with Gasteiger partial charge in [0.15, 0.2) is 0 Å². The van der Waals surface area contributed by atoms with E-state index in [1.54, 1.807) is 17.1 Å². The fourth-order valence-electron chi connectivity index (χ4n) is 4.10. The second-order valence-corrected chi connectivity index (χ2v) is 8.63. The molecule has 0 spiro atoms. The van der Waals surface area contributed by atoms with Crippen LogP contribution in [-0.4, -0.2) is 39.4 Å². The zero-order valence-electron chi connectivity index (χ0n) is 20.2. The quantitative estimate of drug-likeness (QED) is 0.0906. The van der Waals surface area contributed by atoms with Crippen LogP contribution in [-0.2, 0) is 12.4 Å². The third-order valence-electron chi connectivity index (χ3n) is 6.01. The van der Waals surface area contributed by atoms with E-state index in [9.17, 15) is 26.3 Å². The number of hydrogen-bond donors (Lipinski definition) is 2. The molecule has 1 saturated heterocycles. The molecule has 39 heavy (non-hydrogen) atoms. The Morgan fingerprint density at radius 1 is 1.13 bits per heavy atom. The van der Waals surface area contributed by atoms with Crippen molar-refractivity contribution >= 4 is 12.0 Å². The van der Waals surface area contributed by atoms with Crippen LogP contribution in [0.3, 0.4) is 0 Å². The molecular weight excluding hydrogens is 532 g/mol. The third kappa shape index (κ3) is 6.62. The van der Waals surface area contributed by atoms with Gasteiger partial charge in [-0.05, 0) is 55.2 Å². The lowest BCUT2D eigenvalue weighted by molar-refractivity contribution is -0.139. The van der Waals surface area contributed by atoms with Crippen molar-refractivity contribution in [3.63, 3.8) is 0 Å². The molecule has 3 aromatic rings. The predicted octanol–water partition coefficient (Wildman–Crippen LogP) is 6.10. The molecule has 208 valence electrons. The van der Waals surface area contributed by atoms with E-state index in [0.717, 1.165) is 24.3 Å². The molecule has 0 saturated carbocycles. The van der Waals surface area contributed by atoms with Crippen molar-refractivity contribution in [2.24, 2.45) is 10.9 Å². The normalized spacial score (nSPS) is 16.8. The van der Waals surface area contributed by atoms with Gasteiger partial charge in [-0.25, -0.2) is 0 Å². The van der Waals surface area contributed by atoms with Gasteiger partial charge < -0.3 is 25.1 Å². The molecule has 4 rings (SSSR count). The Kier molecular flexibility index (Phi) is 8.02. The number of aromatic nitrogens is 2. The molecular formula is C25H23F6N5O3. The zero-order chi connectivity index (χ0) is 28.2. The van der Waals surface area contributed by atoms with Crippen LogP contribution in [0, 0.1) is 0 Å². The van der Waals surface area contributed by atoms with Gasteiger partial charge in [0.25, 0.3) is 0 Å². The van der Waals surface area contributed by atoms with Crippen molar-refractivity contribution in [2.75, 3.05) is 13.2 Å². The van der Waals surface area contributed by atoms with E-state index < -0.39 is 35.3 Å². The molecule has 1 atom stereocenters. The number of halogens is 6. The minimum absolute atomic E-state index is 0.0558. The van der Waals surface area contributed by atoms with Crippen LogP contribution in [0.15, 0.2) is 58.2 Å². The Bertz CT molecular complexity index is 1340. The van der Waals surface area contributed by atoms with Crippen molar-refractivity contribution in [3.05, 3.63) is 71.1 Å². The zero-order valence-corrected chi connectivity index (χ0v) is 20.2. The average Bonchev–Trinajstić information content (AvgIpc) is 3.57. The van der Waals surface area contributed by atoms with Crippen molar-refractivity contribution < 1.29 is 40.8 Å². The van der Waals surface area contributed by atoms with E-state index in [4.69, 9.17) is 20.2 Å². The summed E-state index contributed by atoms with van der Waals surface area (Å²) in [7, 11) is 0. The molecule has 0 amide bonds. The monoisotopic (exact) mass is 555 g/mol. The van der Waals surface area contributed by atoms with E-state index >= 15 is 0 Å². The number of nitrogens with two attached hydrogens (primary N) is 1. The molecule has 0 unspecified atom stereocenters. The highest BCUT2D eigenvalue weighted by molar-refractivity contribution is 5.78. The van der Waals surface area contributed by atoms with Crippen LogP contribution < -0.4 is 10.5 Å². The summed E-state index contributed by atoms with van der Waals surface area (Å²) >= 11 is 0. The predicted molar refractivity (Wildman–Crippen MR) is 127 cm³/mol. The number of oxime groups is 1. The molecule has 14 heteroatoms. The minimum atomic E-state index is -4.73. The Morgan fingerprint density at radius 3 is 2.54 bits per heavy atom. The lowest BCUT2D eigenvalue weighted by atomic mass is 10.1. The number of hydrogen-bond acceptors (Lipinski definition) is 6. The first kappa shape index (κ1) is 27.8. The maximum atomic E-state index is 13.8. The van der Waals surface area contributed by atoms with Gasteiger partial charge in [0.05, 0.1) is 17.7 Å². The standard InChI is InChI=1S/C25H23F6N5O3/c26-24(27,28)17-9-6-15(7-10-17)4-1-2-13-38-20-11-8-16(14-18(20)25(29,30)31)21-33-22(39-35-21)19-5-3-12-36(19)23(32)34-37/h1,4,6-11,14,19,37H,2-3,5,12-13H2,(H2,32,34)/b4-1+/t19-/m0/s1. The minimum Gasteiger partial charge on any atom is -0.493 e. The lowest BCUT2D eigenvalue weighted by Gasteiger charge is -2.21. The molecule has 1 aliphatic heterocycles. The molecule has 2 aromatic carbocycles. The largest absolute Gasteiger partial charge is 0.493 e. The molecule has 0 radical (unpaired) electrons. The first-order valence-electron chi connectivity index (χ1n) is 11.7. The summed E-state index contributed by atoms with van der Waals surface area (Å²) in [5.74, 6) is -0.463. The number of guanidine groups is 1. The number of alkyl halides is 6. The van der Waals surface area contributed by atoms with E-state index in [0.29, 0.717) is 24.9 Å². The van der Waals surface area contributed by atoms with Crippen molar-refractivity contribution in [1.29, 1.82) is 0 Å². The molecule has 1 fully saturated rings. The first-order valence-corrected chi connectivity index (χ1v) is 11.7. The fourth-order valence-corrected chi connectivity index (χ4v) is 4.10. The van der Waals surface area contributed by atoms with Gasteiger partial charge in [-0.2, -0.15) is 31.3 Å². The molecule has 0 bridgehead atoms. The number of likely N-dealkylation sites (tertiary alicyclic amines) is 1. The molecule has 1 aromatic heterocycles. The van der Waals surface area contributed by atoms with Gasteiger partial charge in [0, 0.05) is 12.1 Å².